The second kappa shape index (κ2) is 5.59. The molecule has 1 atom stereocenters. The first-order valence-electron chi connectivity index (χ1n) is 5.62. The summed E-state index contributed by atoms with van der Waals surface area (Å²) in [6, 6.07) is 4.31. The lowest BCUT2D eigenvalue weighted by atomic mass is 10.2. The minimum Gasteiger partial charge on any atom is -0.364 e. The van der Waals surface area contributed by atoms with E-state index in [1.165, 1.54) is 17.3 Å². The largest absolute Gasteiger partial charge is 0.364 e. The summed E-state index contributed by atoms with van der Waals surface area (Å²) in [6.45, 7) is 2.10. The third-order valence-corrected chi connectivity index (χ3v) is 3.51. The van der Waals surface area contributed by atoms with Crippen LogP contribution in [0.2, 0.25) is 0 Å². The van der Waals surface area contributed by atoms with Crippen LogP contribution < -0.4 is 11.1 Å². The number of nitrogens with one attached hydrogen (secondary N) is 1. The minimum atomic E-state index is -0.570. The monoisotopic (exact) mass is 262 g/mol. The standard InChI is InChI=1S/C12H14N4OS/c1-2-8(10-4-3-5-18-10)16-11-7-14-9(6-15-11)12(13)17/h3-8H,2H2,1H3,(H2,13,17)(H,15,16). The minimum absolute atomic E-state index is 0.171. The molecule has 1 amide bonds. The molecule has 2 aromatic heterocycles. The Kier molecular flexibility index (Phi) is 3.88. The Morgan fingerprint density at radius 2 is 2.33 bits per heavy atom. The Balaban J connectivity index is 2.10. The summed E-state index contributed by atoms with van der Waals surface area (Å²) < 4.78 is 0. The van der Waals surface area contributed by atoms with E-state index >= 15 is 0 Å². The number of nitrogens with zero attached hydrogens (tertiary/aromatic N) is 2. The number of aromatic nitrogens is 2. The highest BCUT2D eigenvalue weighted by molar-refractivity contribution is 7.10. The first-order chi connectivity index (χ1) is 8.70. The number of hydrogen-bond donors (Lipinski definition) is 2. The molecule has 6 heteroatoms. The van der Waals surface area contributed by atoms with Crippen LogP contribution in [0.4, 0.5) is 5.82 Å². The number of carbonyl (C=O) groups is 1. The molecule has 0 aromatic carbocycles. The van der Waals surface area contributed by atoms with Crippen molar-refractivity contribution in [3.8, 4) is 0 Å². The van der Waals surface area contributed by atoms with Crippen molar-refractivity contribution < 1.29 is 4.79 Å². The molecule has 0 radical (unpaired) electrons. The third-order valence-electron chi connectivity index (χ3n) is 2.52. The molecular weight excluding hydrogens is 248 g/mol. The van der Waals surface area contributed by atoms with Crippen molar-refractivity contribution >= 4 is 23.1 Å². The molecule has 2 heterocycles. The molecule has 0 fully saturated rings. The van der Waals surface area contributed by atoms with Crippen LogP contribution in [-0.4, -0.2) is 15.9 Å². The summed E-state index contributed by atoms with van der Waals surface area (Å²) in [5.74, 6) is 0.0691. The van der Waals surface area contributed by atoms with Gasteiger partial charge in [0.25, 0.3) is 5.91 Å². The highest BCUT2D eigenvalue weighted by Crippen LogP contribution is 2.24. The zero-order valence-corrected chi connectivity index (χ0v) is 10.8. The highest BCUT2D eigenvalue weighted by Gasteiger charge is 2.11. The normalized spacial score (nSPS) is 12.1. The van der Waals surface area contributed by atoms with Gasteiger partial charge in [-0.15, -0.1) is 11.3 Å². The van der Waals surface area contributed by atoms with E-state index in [4.69, 9.17) is 5.73 Å². The molecule has 0 saturated heterocycles. The Bertz CT molecular complexity index is 509. The van der Waals surface area contributed by atoms with Crippen LogP contribution in [0.5, 0.6) is 0 Å². The Hall–Kier alpha value is -1.95. The first kappa shape index (κ1) is 12.5. The number of rotatable bonds is 5. The van der Waals surface area contributed by atoms with Crippen LogP contribution in [0.1, 0.15) is 34.8 Å². The van der Waals surface area contributed by atoms with Crippen LogP contribution in [0.3, 0.4) is 0 Å². The van der Waals surface area contributed by atoms with E-state index in [9.17, 15) is 4.79 Å². The second-order valence-electron chi connectivity index (χ2n) is 3.77. The van der Waals surface area contributed by atoms with Gasteiger partial charge in [-0.2, -0.15) is 0 Å². The molecule has 2 rings (SSSR count). The van der Waals surface area contributed by atoms with Gasteiger partial charge in [0.05, 0.1) is 18.4 Å². The van der Waals surface area contributed by atoms with Gasteiger partial charge < -0.3 is 11.1 Å². The summed E-state index contributed by atoms with van der Waals surface area (Å²) >= 11 is 1.70. The van der Waals surface area contributed by atoms with Gasteiger partial charge in [0, 0.05) is 4.88 Å². The molecule has 5 nitrogen and oxygen atoms in total. The van der Waals surface area contributed by atoms with Crippen molar-refractivity contribution in [3.63, 3.8) is 0 Å². The molecule has 94 valence electrons. The van der Waals surface area contributed by atoms with Gasteiger partial charge in [-0.25, -0.2) is 9.97 Å². The fourth-order valence-corrected chi connectivity index (χ4v) is 2.43. The van der Waals surface area contributed by atoms with Crippen molar-refractivity contribution in [3.05, 3.63) is 40.5 Å². The van der Waals surface area contributed by atoms with Crippen LogP contribution in [-0.2, 0) is 0 Å². The second-order valence-corrected chi connectivity index (χ2v) is 4.75. The van der Waals surface area contributed by atoms with Crippen molar-refractivity contribution in [2.24, 2.45) is 5.73 Å². The highest BCUT2D eigenvalue weighted by atomic mass is 32.1. The van der Waals surface area contributed by atoms with Crippen molar-refractivity contribution in [2.75, 3.05) is 5.32 Å². The molecule has 18 heavy (non-hydrogen) atoms. The molecule has 0 saturated carbocycles. The number of hydrogen-bond acceptors (Lipinski definition) is 5. The predicted molar refractivity (Wildman–Crippen MR) is 71.5 cm³/mol. The van der Waals surface area contributed by atoms with Crippen LogP contribution in [0.25, 0.3) is 0 Å². The fraction of sp³-hybridized carbons (Fsp3) is 0.250. The Labute approximate surface area is 109 Å². The summed E-state index contributed by atoms with van der Waals surface area (Å²) in [7, 11) is 0. The lowest BCUT2D eigenvalue weighted by molar-refractivity contribution is 0.0995. The van der Waals surface area contributed by atoms with Gasteiger partial charge in [0.1, 0.15) is 11.5 Å². The predicted octanol–water partition coefficient (Wildman–Crippen LogP) is 2.20. The van der Waals surface area contributed by atoms with E-state index in [0.717, 1.165) is 6.42 Å². The molecule has 0 bridgehead atoms. The van der Waals surface area contributed by atoms with Gasteiger partial charge in [-0.1, -0.05) is 13.0 Å². The van der Waals surface area contributed by atoms with E-state index < -0.39 is 5.91 Å². The maximum atomic E-state index is 10.9. The summed E-state index contributed by atoms with van der Waals surface area (Å²) in [4.78, 5) is 20.2. The summed E-state index contributed by atoms with van der Waals surface area (Å²) in [5, 5.41) is 5.33. The van der Waals surface area contributed by atoms with Crippen LogP contribution in [0.15, 0.2) is 29.9 Å². The Morgan fingerprint density at radius 3 is 2.83 bits per heavy atom. The van der Waals surface area contributed by atoms with Gasteiger partial charge in [0.15, 0.2) is 0 Å². The molecule has 0 spiro atoms. The maximum Gasteiger partial charge on any atom is 0.268 e. The molecule has 0 aliphatic rings. The van der Waals surface area contributed by atoms with E-state index in [0.29, 0.717) is 5.82 Å². The molecule has 1 unspecified atom stereocenters. The zero-order valence-electron chi connectivity index (χ0n) is 9.96. The smallest absolute Gasteiger partial charge is 0.268 e. The first-order valence-corrected chi connectivity index (χ1v) is 6.50. The number of amides is 1. The van der Waals surface area contributed by atoms with E-state index in [1.807, 2.05) is 11.4 Å². The SMILES string of the molecule is CCC(Nc1cnc(C(N)=O)cn1)c1cccs1. The number of anilines is 1. The lowest BCUT2D eigenvalue weighted by Gasteiger charge is -2.15. The molecule has 3 N–H and O–H groups in total. The molecule has 0 aliphatic carbocycles. The van der Waals surface area contributed by atoms with E-state index in [-0.39, 0.29) is 11.7 Å². The average Bonchev–Trinajstić information content (AvgIpc) is 2.90. The van der Waals surface area contributed by atoms with Crippen molar-refractivity contribution in [2.45, 2.75) is 19.4 Å². The molecular formula is C12H14N4OS. The van der Waals surface area contributed by atoms with Crippen molar-refractivity contribution in [1.82, 2.24) is 9.97 Å². The van der Waals surface area contributed by atoms with E-state index in [2.05, 4.69) is 28.3 Å². The average molecular weight is 262 g/mol. The topological polar surface area (TPSA) is 80.9 Å². The van der Waals surface area contributed by atoms with Gasteiger partial charge in [-0.05, 0) is 17.9 Å². The lowest BCUT2D eigenvalue weighted by Crippen LogP contribution is -2.15. The summed E-state index contributed by atoms with van der Waals surface area (Å²) in [5.41, 5.74) is 5.28. The molecule has 2 aromatic rings. The van der Waals surface area contributed by atoms with Gasteiger partial charge in [-0.3, -0.25) is 4.79 Å². The summed E-state index contributed by atoms with van der Waals surface area (Å²) in [6.07, 6.45) is 3.85. The number of thiophene rings is 1. The van der Waals surface area contributed by atoms with Gasteiger partial charge in [0.2, 0.25) is 0 Å². The van der Waals surface area contributed by atoms with Crippen LogP contribution >= 0.6 is 11.3 Å². The maximum absolute atomic E-state index is 10.9. The fourth-order valence-electron chi connectivity index (χ4n) is 1.57. The van der Waals surface area contributed by atoms with E-state index in [1.54, 1.807) is 11.3 Å². The van der Waals surface area contributed by atoms with Crippen LogP contribution in [0, 0.1) is 0 Å². The Morgan fingerprint density at radius 1 is 1.50 bits per heavy atom. The number of nitrogens with two attached hydrogens (primary N) is 1. The third kappa shape index (κ3) is 2.84. The number of carbonyl (C=O) groups excluding carboxylic acids is 1. The molecule has 0 aliphatic heterocycles. The zero-order chi connectivity index (χ0) is 13.0. The van der Waals surface area contributed by atoms with Crippen molar-refractivity contribution in [1.29, 1.82) is 0 Å². The number of primary amides is 1. The van der Waals surface area contributed by atoms with Gasteiger partial charge >= 0.3 is 0 Å². The quantitative estimate of drug-likeness (QED) is 0.865.